The van der Waals surface area contributed by atoms with Crippen LogP contribution in [0.1, 0.15) is 22.3 Å². The van der Waals surface area contributed by atoms with E-state index in [4.69, 9.17) is 10.9 Å². The van der Waals surface area contributed by atoms with E-state index in [0.717, 1.165) is 17.7 Å². The van der Waals surface area contributed by atoms with E-state index in [9.17, 15) is 17.6 Å². The summed E-state index contributed by atoms with van der Waals surface area (Å²) in [6, 6.07) is 7.40. The maximum Gasteiger partial charge on any atom is 0.416 e. The molecule has 0 spiro atoms. The highest BCUT2D eigenvalue weighted by molar-refractivity contribution is 5.98. The third kappa shape index (κ3) is 3.95. The van der Waals surface area contributed by atoms with Gasteiger partial charge in [0.1, 0.15) is 5.82 Å². The van der Waals surface area contributed by atoms with Gasteiger partial charge in [-0.1, -0.05) is 23.4 Å². The van der Waals surface area contributed by atoms with Crippen LogP contribution in [-0.2, 0) is 12.7 Å². The third-order valence-corrected chi connectivity index (χ3v) is 3.49. The van der Waals surface area contributed by atoms with Gasteiger partial charge in [-0.3, -0.25) is 0 Å². The number of rotatable bonds is 4. The molecule has 4 N–H and O–H groups in total. The van der Waals surface area contributed by atoms with Gasteiger partial charge in [0.2, 0.25) is 0 Å². The molecule has 128 valence electrons. The predicted octanol–water partition coefficient (Wildman–Crippen LogP) is 3.86. The first kappa shape index (κ1) is 17.6. The fraction of sp³-hybridized carbons (Fsp3) is 0.188. The van der Waals surface area contributed by atoms with Crippen molar-refractivity contribution in [3.63, 3.8) is 0 Å². The number of hydrogen-bond donors (Lipinski definition) is 3. The van der Waals surface area contributed by atoms with E-state index in [1.54, 1.807) is 25.1 Å². The summed E-state index contributed by atoms with van der Waals surface area (Å²) in [5.74, 6) is -1.06. The average molecular weight is 341 g/mol. The molecule has 0 aliphatic rings. The van der Waals surface area contributed by atoms with Crippen LogP contribution < -0.4 is 11.1 Å². The highest BCUT2D eigenvalue weighted by atomic mass is 19.4. The number of hydrogen-bond acceptors (Lipinski definition) is 3. The lowest BCUT2D eigenvalue weighted by molar-refractivity contribution is -0.138. The zero-order valence-electron chi connectivity index (χ0n) is 12.7. The van der Waals surface area contributed by atoms with Crippen molar-refractivity contribution in [2.75, 3.05) is 5.32 Å². The molecule has 0 aliphatic carbocycles. The van der Waals surface area contributed by atoms with Crippen molar-refractivity contribution >= 4 is 11.5 Å². The Balaban J connectivity index is 2.29. The van der Waals surface area contributed by atoms with Crippen LogP contribution in [0.3, 0.4) is 0 Å². The quantitative estimate of drug-likeness (QED) is 0.260. The largest absolute Gasteiger partial charge is 0.416 e. The standard InChI is InChI=1S/C16H15F4N3O/c1-9-2-3-10(15(21)23-24)6-14(9)22-8-11-4-5-12(17)7-13(11)16(18,19)20/h2-7,22,24H,8H2,1H3,(H2,21,23). The molecule has 0 heterocycles. The molecule has 0 bridgehead atoms. The minimum Gasteiger partial charge on any atom is -0.409 e. The van der Waals surface area contributed by atoms with Crippen LogP contribution in [0.15, 0.2) is 41.6 Å². The maximum absolute atomic E-state index is 13.1. The number of alkyl halides is 3. The SMILES string of the molecule is Cc1ccc(C(N)=NO)cc1NCc1ccc(F)cc1C(F)(F)F. The number of benzene rings is 2. The van der Waals surface area contributed by atoms with E-state index >= 15 is 0 Å². The minimum absolute atomic E-state index is 0.0856. The van der Waals surface area contributed by atoms with Crippen LogP contribution in [0.25, 0.3) is 0 Å². The van der Waals surface area contributed by atoms with E-state index in [2.05, 4.69) is 10.5 Å². The second kappa shape index (κ2) is 6.77. The van der Waals surface area contributed by atoms with Gasteiger partial charge in [-0.25, -0.2) is 4.39 Å². The molecule has 2 aromatic rings. The predicted molar refractivity (Wildman–Crippen MR) is 82.4 cm³/mol. The molecular weight excluding hydrogens is 326 g/mol. The number of aryl methyl sites for hydroxylation is 1. The molecule has 0 aromatic heterocycles. The minimum atomic E-state index is -4.65. The first-order valence-corrected chi connectivity index (χ1v) is 6.90. The van der Waals surface area contributed by atoms with Crippen molar-refractivity contribution in [1.29, 1.82) is 0 Å². The second-order valence-corrected chi connectivity index (χ2v) is 5.17. The van der Waals surface area contributed by atoms with Crippen LogP contribution in [0.2, 0.25) is 0 Å². The third-order valence-electron chi connectivity index (χ3n) is 3.49. The van der Waals surface area contributed by atoms with Crippen LogP contribution >= 0.6 is 0 Å². The summed E-state index contributed by atoms with van der Waals surface area (Å²) in [5, 5.41) is 14.4. The van der Waals surface area contributed by atoms with Gasteiger partial charge < -0.3 is 16.3 Å². The number of amidine groups is 1. The molecule has 24 heavy (non-hydrogen) atoms. The van der Waals surface area contributed by atoms with Crippen molar-refractivity contribution in [3.05, 3.63) is 64.5 Å². The summed E-state index contributed by atoms with van der Waals surface area (Å²) in [4.78, 5) is 0. The molecule has 8 heteroatoms. The fourth-order valence-electron chi connectivity index (χ4n) is 2.19. The average Bonchev–Trinajstić information content (AvgIpc) is 2.53. The number of halogens is 4. The van der Waals surface area contributed by atoms with Crippen LogP contribution in [0, 0.1) is 12.7 Å². The normalized spacial score (nSPS) is 12.3. The van der Waals surface area contributed by atoms with E-state index in [1.807, 2.05) is 0 Å². The summed E-state index contributed by atoms with van der Waals surface area (Å²) in [6.45, 7) is 1.60. The van der Waals surface area contributed by atoms with E-state index < -0.39 is 17.6 Å². The lowest BCUT2D eigenvalue weighted by Gasteiger charge is -2.16. The molecule has 2 aromatic carbocycles. The molecule has 4 nitrogen and oxygen atoms in total. The lowest BCUT2D eigenvalue weighted by Crippen LogP contribution is -2.15. The van der Waals surface area contributed by atoms with Crippen molar-refractivity contribution in [2.24, 2.45) is 10.9 Å². The van der Waals surface area contributed by atoms with Gasteiger partial charge in [0.05, 0.1) is 5.56 Å². The van der Waals surface area contributed by atoms with Gasteiger partial charge in [-0.05, 0) is 36.2 Å². The molecule has 0 aliphatic heterocycles. The smallest absolute Gasteiger partial charge is 0.409 e. The van der Waals surface area contributed by atoms with Crippen molar-refractivity contribution in [1.82, 2.24) is 0 Å². The molecular formula is C16H15F4N3O. The first-order valence-electron chi connectivity index (χ1n) is 6.90. The Morgan fingerprint density at radius 2 is 1.92 bits per heavy atom. The highest BCUT2D eigenvalue weighted by Gasteiger charge is 2.33. The number of oxime groups is 1. The molecule has 0 radical (unpaired) electrons. The summed E-state index contributed by atoms with van der Waals surface area (Å²) in [5.41, 5.74) is 6.09. The number of nitrogens with one attached hydrogen (secondary N) is 1. The van der Waals surface area contributed by atoms with Gasteiger partial charge >= 0.3 is 6.18 Å². The molecule has 2 rings (SSSR count). The van der Waals surface area contributed by atoms with Gasteiger partial charge in [0.25, 0.3) is 0 Å². The van der Waals surface area contributed by atoms with Crippen molar-refractivity contribution in [3.8, 4) is 0 Å². The second-order valence-electron chi connectivity index (χ2n) is 5.17. The molecule has 0 saturated carbocycles. The molecule has 0 amide bonds. The molecule has 0 atom stereocenters. The molecule has 0 unspecified atom stereocenters. The monoisotopic (exact) mass is 341 g/mol. The number of anilines is 1. The van der Waals surface area contributed by atoms with E-state index in [-0.39, 0.29) is 17.9 Å². The summed E-state index contributed by atoms with van der Waals surface area (Å²) in [6.07, 6.45) is -4.65. The van der Waals surface area contributed by atoms with Gasteiger partial charge in [0.15, 0.2) is 5.84 Å². The zero-order valence-corrected chi connectivity index (χ0v) is 12.7. The van der Waals surface area contributed by atoms with Crippen LogP contribution in [0.4, 0.5) is 23.2 Å². The van der Waals surface area contributed by atoms with Crippen molar-refractivity contribution < 1.29 is 22.8 Å². The Hall–Kier alpha value is -2.77. The Labute approximate surface area is 135 Å². The van der Waals surface area contributed by atoms with Gasteiger partial charge in [-0.2, -0.15) is 13.2 Å². The first-order chi connectivity index (χ1) is 11.2. The Morgan fingerprint density at radius 3 is 2.54 bits per heavy atom. The zero-order chi connectivity index (χ0) is 17.9. The number of nitrogens with zero attached hydrogens (tertiary/aromatic N) is 1. The highest BCUT2D eigenvalue weighted by Crippen LogP contribution is 2.33. The lowest BCUT2D eigenvalue weighted by atomic mass is 10.1. The molecule has 0 fully saturated rings. The maximum atomic E-state index is 13.1. The fourth-order valence-corrected chi connectivity index (χ4v) is 2.19. The Kier molecular flexibility index (Phi) is 4.96. The Bertz CT molecular complexity index is 772. The van der Waals surface area contributed by atoms with Gasteiger partial charge in [0, 0.05) is 17.8 Å². The summed E-state index contributed by atoms with van der Waals surface area (Å²) >= 11 is 0. The van der Waals surface area contributed by atoms with Crippen LogP contribution in [-0.4, -0.2) is 11.0 Å². The van der Waals surface area contributed by atoms with E-state index in [1.165, 1.54) is 0 Å². The van der Waals surface area contributed by atoms with E-state index in [0.29, 0.717) is 17.3 Å². The van der Waals surface area contributed by atoms with Crippen LogP contribution in [0.5, 0.6) is 0 Å². The summed E-state index contributed by atoms with van der Waals surface area (Å²) < 4.78 is 52.1. The Morgan fingerprint density at radius 1 is 1.21 bits per heavy atom. The van der Waals surface area contributed by atoms with Crippen molar-refractivity contribution in [2.45, 2.75) is 19.6 Å². The topological polar surface area (TPSA) is 70.6 Å². The summed E-state index contributed by atoms with van der Waals surface area (Å²) in [7, 11) is 0. The van der Waals surface area contributed by atoms with Gasteiger partial charge in [-0.15, -0.1) is 0 Å². The molecule has 0 saturated heterocycles. The number of nitrogens with two attached hydrogens (primary N) is 1.